The normalized spacial score (nSPS) is 16.9. The molecule has 0 spiro atoms. The third-order valence-corrected chi connectivity index (χ3v) is 3.30. The van der Waals surface area contributed by atoms with E-state index in [1.54, 1.807) is 6.07 Å². The minimum absolute atomic E-state index is 0.294. The summed E-state index contributed by atoms with van der Waals surface area (Å²) in [6, 6.07) is 2.16. The Balaban J connectivity index is 2.32. The van der Waals surface area contributed by atoms with Crippen molar-refractivity contribution in [3.63, 3.8) is 0 Å². The van der Waals surface area contributed by atoms with Crippen LogP contribution in [-0.4, -0.2) is 22.9 Å². The Kier molecular flexibility index (Phi) is 3.28. The fraction of sp³-hybridized carbons (Fsp3) is 0.600. The Bertz CT molecular complexity index is 369. The zero-order chi connectivity index (χ0) is 10.8. The molecule has 1 heterocycles. The second-order valence-corrected chi connectivity index (χ2v) is 4.83. The van der Waals surface area contributed by atoms with E-state index < -0.39 is 0 Å². The number of hydrogen-bond acceptors (Lipinski definition) is 3. The Morgan fingerprint density at radius 1 is 1.60 bits per heavy atom. The first-order chi connectivity index (χ1) is 7.22. The van der Waals surface area contributed by atoms with Crippen LogP contribution in [0.5, 0.6) is 0 Å². The van der Waals surface area contributed by atoms with Crippen molar-refractivity contribution in [2.45, 2.75) is 31.7 Å². The quantitative estimate of drug-likeness (QED) is 0.621. The van der Waals surface area contributed by atoms with Crippen molar-refractivity contribution >= 4 is 28.6 Å². The van der Waals surface area contributed by atoms with Gasteiger partial charge >= 0.3 is 5.97 Å². The number of methoxy groups -OCH3 is 1. The fourth-order valence-corrected chi connectivity index (χ4v) is 2.58. The summed E-state index contributed by atoms with van der Waals surface area (Å²) in [4.78, 5) is 11.5. The lowest BCUT2D eigenvalue weighted by Gasteiger charge is -2.12. The standard InChI is InChI=1S/C10H13IN2O2/c1-15-10(14)8-6-9(11)12-13(8)7-4-2-3-5-7/h6-7H,2-5H2,1H3. The lowest BCUT2D eigenvalue weighted by atomic mass is 10.2. The van der Waals surface area contributed by atoms with Gasteiger partial charge in [0.15, 0.2) is 0 Å². The van der Waals surface area contributed by atoms with Gasteiger partial charge in [0.2, 0.25) is 0 Å². The fourth-order valence-electron chi connectivity index (χ4n) is 2.05. The number of aromatic nitrogens is 2. The minimum Gasteiger partial charge on any atom is -0.464 e. The summed E-state index contributed by atoms with van der Waals surface area (Å²) in [5.41, 5.74) is 0.578. The van der Waals surface area contributed by atoms with Crippen LogP contribution in [0.15, 0.2) is 6.07 Å². The maximum absolute atomic E-state index is 11.5. The van der Waals surface area contributed by atoms with Crippen molar-refractivity contribution in [2.24, 2.45) is 0 Å². The van der Waals surface area contributed by atoms with E-state index >= 15 is 0 Å². The van der Waals surface area contributed by atoms with E-state index in [4.69, 9.17) is 4.74 Å². The Labute approximate surface area is 102 Å². The third-order valence-electron chi connectivity index (χ3n) is 2.77. The van der Waals surface area contributed by atoms with Gasteiger partial charge in [-0.25, -0.2) is 4.79 Å². The first-order valence-corrected chi connectivity index (χ1v) is 6.13. The molecular weight excluding hydrogens is 307 g/mol. The summed E-state index contributed by atoms with van der Waals surface area (Å²) in [6.07, 6.45) is 4.67. The van der Waals surface area contributed by atoms with Gasteiger partial charge in [0.1, 0.15) is 9.39 Å². The van der Waals surface area contributed by atoms with Gasteiger partial charge in [-0.3, -0.25) is 4.68 Å². The zero-order valence-electron chi connectivity index (χ0n) is 8.57. The van der Waals surface area contributed by atoms with Crippen LogP contribution in [0.3, 0.4) is 0 Å². The highest BCUT2D eigenvalue weighted by atomic mass is 127. The lowest BCUT2D eigenvalue weighted by molar-refractivity contribution is 0.0583. The Morgan fingerprint density at radius 2 is 2.27 bits per heavy atom. The van der Waals surface area contributed by atoms with E-state index in [2.05, 4.69) is 27.7 Å². The largest absolute Gasteiger partial charge is 0.464 e. The highest BCUT2D eigenvalue weighted by Crippen LogP contribution is 2.30. The summed E-state index contributed by atoms with van der Waals surface area (Å²) in [7, 11) is 1.40. The Morgan fingerprint density at radius 3 is 2.87 bits per heavy atom. The van der Waals surface area contributed by atoms with E-state index in [-0.39, 0.29) is 5.97 Å². The monoisotopic (exact) mass is 320 g/mol. The number of rotatable bonds is 2. The number of ether oxygens (including phenoxy) is 1. The molecule has 0 aliphatic heterocycles. The van der Waals surface area contributed by atoms with Crippen LogP contribution in [0.1, 0.15) is 42.2 Å². The average molecular weight is 320 g/mol. The van der Waals surface area contributed by atoms with Crippen LogP contribution in [0, 0.1) is 3.70 Å². The lowest BCUT2D eigenvalue weighted by Crippen LogP contribution is -2.15. The van der Waals surface area contributed by atoms with Gasteiger partial charge in [-0.1, -0.05) is 12.8 Å². The van der Waals surface area contributed by atoms with Crippen molar-refractivity contribution in [3.8, 4) is 0 Å². The van der Waals surface area contributed by atoms with Gasteiger partial charge in [-0.2, -0.15) is 5.10 Å². The van der Waals surface area contributed by atoms with Crippen LogP contribution < -0.4 is 0 Å². The SMILES string of the molecule is COC(=O)c1cc(I)nn1C1CCCC1. The van der Waals surface area contributed by atoms with Crippen LogP contribution in [0.4, 0.5) is 0 Å². The molecular formula is C10H13IN2O2. The van der Waals surface area contributed by atoms with E-state index in [9.17, 15) is 4.79 Å². The molecule has 0 atom stereocenters. The van der Waals surface area contributed by atoms with Crippen LogP contribution >= 0.6 is 22.6 Å². The average Bonchev–Trinajstić information content (AvgIpc) is 2.84. The predicted octanol–water partition coefficient (Wildman–Crippen LogP) is 2.39. The van der Waals surface area contributed by atoms with Crippen LogP contribution in [-0.2, 0) is 4.74 Å². The number of nitrogens with zero attached hydrogens (tertiary/aromatic N) is 2. The van der Waals surface area contributed by atoms with E-state index in [0.29, 0.717) is 11.7 Å². The molecule has 0 saturated heterocycles. The van der Waals surface area contributed by atoms with Crippen LogP contribution in [0.2, 0.25) is 0 Å². The molecule has 0 amide bonds. The van der Waals surface area contributed by atoms with E-state index in [1.807, 2.05) is 4.68 Å². The minimum atomic E-state index is -0.294. The molecule has 2 rings (SSSR count). The topological polar surface area (TPSA) is 44.1 Å². The number of esters is 1. The summed E-state index contributed by atoms with van der Waals surface area (Å²) in [5, 5.41) is 4.36. The molecule has 1 saturated carbocycles. The molecule has 15 heavy (non-hydrogen) atoms. The molecule has 4 nitrogen and oxygen atoms in total. The smallest absolute Gasteiger partial charge is 0.356 e. The van der Waals surface area contributed by atoms with Crippen molar-refractivity contribution in [3.05, 3.63) is 15.5 Å². The number of halogens is 1. The molecule has 0 radical (unpaired) electrons. The number of carbonyl (C=O) groups excluding carboxylic acids is 1. The van der Waals surface area contributed by atoms with Gasteiger partial charge in [0, 0.05) is 6.07 Å². The first-order valence-electron chi connectivity index (χ1n) is 5.05. The molecule has 1 aliphatic carbocycles. The highest BCUT2D eigenvalue weighted by molar-refractivity contribution is 14.1. The zero-order valence-corrected chi connectivity index (χ0v) is 10.7. The molecule has 1 fully saturated rings. The van der Waals surface area contributed by atoms with Crippen molar-refractivity contribution in [1.82, 2.24) is 9.78 Å². The van der Waals surface area contributed by atoms with Crippen molar-refractivity contribution < 1.29 is 9.53 Å². The molecule has 0 aromatic carbocycles. The summed E-state index contributed by atoms with van der Waals surface area (Å²) >= 11 is 2.12. The Hall–Kier alpha value is -0.590. The summed E-state index contributed by atoms with van der Waals surface area (Å²) < 4.78 is 7.43. The van der Waals surface area contributed by atoms with Gasteiger partial charge < -0.3 is 4.74 Å². The maximum atomic E-state index is 11.5. The van der Waals surface area contributed by atoms with Gasteiger partial charge in [0.05, 0.1) is 13.2 Å². The van der Waals surface area contributed by atoms with Crippen molar-refractivity contribution in [1.29, 1.82) is 0 Å². The summed E-state index contributed by atoms with van der Waals surface area (Å²) in [6.45, 7) is 0. The molecule has 1 aromatic rings. The molecule has 0 unspecified atom stereocenters. The molecule has 1 aromatic heterocycles. The molecule has 0 N–H and O–H groups in total. The second kappa shape index (κ2) is 4.51. The summed E-state index contributed by atoms with van der Waals surface area (Å²) in [5.74, 6) is -0.294. The number of hydrogen-bond donors (Lipinski definition) is 0. The predicted molar refractivity (Wildman–Crippen MR) is 63.8 cm³/mol. The molecule has 1 aliphatic rings. The molecule has 82 valence electrons. The van der Waals surface area contributed by atoms with Crippen molar-refractivity contribution in [2.75, 3.05) is 7.11 Å². The number of carbonyl (C=O) groups is 1. The molecule has 0 bridgehead atoms. The second-order valence-electron chi connectivity index (χ2n) is 3.73. The highest BCUT2D eigenvalue weighted by Gasteiger charge is 2.24. The first kappa shape index (κ1) is 10.9. The van der Waals surface area contributed by atoms with Gasteiger partial charge in [-0.15, -0.1) is 0 Å². The van der Waals surface area contributed by atoms with Gasteiger partial charge in [-0.05, 0) is 35.4 Å². The third kappa shape index (κ3) is 2.16. The van der Waals surface area contributed by atoms with Gasteiger partial charge in [0.25, 0.3) is 0 Å². The van der Waals surface area contributed by atoms with Crippen LogP contribution in [0.25, 0.3) is 0 Å². The maximum Gasteiger partial charge on any atom is 0.356 e. The molecule has 5 heteroatoms. The van der Waals surface area contributed by atoms with E-state index in [1.165, 1.54) is 20.0 Å². The van der Waals surface area contributed by atoms with E-state index in [0.717, 1.165) is 16.5 Å².